The van der Waals surface area contributed by atoms with Crippen LogP contribution in [0.25, 0.3) is 0 Å². The van der Waals surface area contributed by atoms with Gasteiger partial charge in [0, 0.05) is 25.2 Å². The number of rotatable bonds is 9. The van der Waals surface area contributed by atoms with Crippen molar-refractivity contribution in [2.75, 3.05) is 44.5 Å². The van der Waals surface area contributed by atoms with E-state index in [1.165, 1.54) is 30.6 Å². The Labute approximate surface area is 246 Å². The number of fused-ring (bicyclic) bond motifs is 1. The number of carbonyl (C=O) groups is 2. The van der Waals surface area contributed by atoms with E-state index in [0.29, 0.717) is 11.4 Å². The molecule has 0 aromatic heterocycles. The fourth-order valence-corrected chi connectivity index (χ4v) is 5.83. The third kappa shape index (κ3) is 6.84. The van der Waals surface area contributed by atoms with Crippen molar-refractivity contribution in [3.05, 3.63) is 78.4 Å². The SMILES string of the molecule is COc1ccc(S(=O)(=O)N(C)C[C@H]2Oc3c(NC(=O)Nc4ccccc4)cccc3C(=O)N([C@H](C)CO)C[C@@H]2C)cc1. The highest BCUT2D eigenvalue weighted by Crippen LogP contribution is 2.35. The second-order valence-electron chi connectivity index (χ2n) is 10.2. The van der Waals surface area contributed by atoms with Crippen LogP contribution in [0.4, 0.5) is 16.2 Å². The molecule has 3 N–H and O–H groups in total. The van der Waals surface area contributed by atoms with Crippen LogP contribution in [0.5, 0.6) is 11.5 Å². The molecule has 4 rings (SSSR count). The first-order valence-electron chi connectivity index (χ1n) is 13.5. The van der Waals surface area contributed by atoms with Gasteiger partial charge < -0.3 is 30.1 Å². The van der Waals surface area contributed by atoms with E-state index < -0.39 is 28.2 Å². The first-order chi connectivity index (χ1) is 20.0. The number of nitrogens with one attached hydrogen (secondary N) is 2. The fourth-order valence-electron chi connectivity index (χ4n) is 4.65. The molecule has 0 bridgehead atoms. The molecule has 0 saturated carbocycles. The molecule has 3 aromatic carbocycles. The Morgan fingerprint density at radius 3 is 2.43 bits per heavy atom. The molecule has 1 aliphatic heterocycles. The minimum Gasteiger partial charge on any atom is -0.497 e. The molecule has 3 amide bonds. The summed E-state index contributed by atoms with van der Waals surface area (Å²) in [5.74, 6) is -0.0732. The Morgan fingerprint density at radius 1 is 1.10 bits per heavy atom. The number of hydrogen-bond donors (Lipinski definition) is 3. The maximum Gasteiger partial charge on any atom is 0.323 e. The Morgan fingerprint density at radius 2 is 1.79 bits per heavy atom. The summed E-state index contributed by atoms with van der Waals surface area (Å²) in [5.41, 5.74) is 1.00. The van der Waals surface area contributed by atoms with Gasteiger partial charge in [-0.1, -0.05) is 31.2 Å². The van der Waals surface area contributed by atoms with Crippen LogP contribution < -0.4 is 20.1 Å². The summed E-state index contributed by atoms with van der Waals surface area (Å²) in [6, 6.07) is 18.7. The Balaban J connectivity index is 1.68. The molecule has 3 aromatic rings. The zero-order valence-electron chi connectivity index (χ0n) is 24.0. The van der Waals surface area contributed by atoms with E-state index in [0.717, 1.165) is 0 Å². The highest BCUT2D eigenvalue weighted by molar-refractivity contribution is 7.89. The van der Waals surface area contributed by atoms with Gasteiger partial charge in [-0.25, -0.2) is 13.2 Å². The van der Waals surface area contributed by atoms with Crippen molar-refractivity contribution in [1.82, 2.24) is 9.21 Å². The number of benzene rings is 3. The van der Waals surface area contributed by atoms with Crippen molar-refractivity contribution in [2.24, 2.45) is 5.92 Å². The summed E-state index contributed by atoms with van der Waals surface area (Å²) in [5, 5.41) is 15.4. The number of ether oxygens (including phenoxy) is 2. The number of carbonyl (C=O) groups excluding carboxylic acids is 2. The summed E-state index contributed by atoms with van der Waals surface area (Å²) in [7, 11) is -0.931. The molecule has 42 heavy (non-hydrogen) atoms. The molecular weight excluding hydrogens is 560 g/mol. The van der Waals surface area contributed by atoms with E-state index in [4.69, 9.17) is 9.47 Å². The first-order valence-corrected chi connectivity index (χ1v) is 14.9. The minimum atomic E-state index is -3.90. The number of nitrogens with zero attached hydrogens (tertiary/aromatic N) is 2. The second kappa shape index (κ2) is 13.2. The summed E-state index contributed by atoms with van der Waals surface area (Å²) >= 11 is 0. The lowest BCUT2D eigenvalue weighted by atomic mass is 9.99. The number of sulfonamides is 1. The van der Waals surface area contributed by atoms with Crippen LogP contribution in [0.1, 0.15) is 24.2 Å². The number of hydrogen-bond acceptors (Lipinski definition) is 7. The maximum atomic E-state index is 13.7. The quantitative estimate of drug-likeness (QED) is 0.341. The highest BCUT2D eigenvalue weighted by atomic mass is 32.2. The van der Waals surface area contributed by atoms with E-state index in [-0.39, 0.29) is 53.4 Å². The average Bonchev–Trinajstić information content (AvgIpc) is 2.99. The van der Waals surface area contributed by atoms with Gasteiger partial charge in [0.05, 0.1) is 42.4 Å². The third-order valence-corrected chi connectivity index (χ3v) is 9.01. The van der Waals surface area contributed by atoms with Crippen LogP contribution in [-0.4, -0.2) is 80.7 Å². The normalized spacial score (nSPS) is 17.9. The van der Waals surface area contributed by atoms with Crippen LogP contribution >= 0.6 is 0 Å². The predicted molar refractivity (Wildman–Crippen MR) is 159 cm³/mol. The summed E-state index contributed by atoms with van der Waals surface area (Å²) in [6.07, 6.45) is -0.719. The van der Waals surface area contributed by atoms with Gasteiger partial charge in [0.25, 0.3) is 5.91 Å². The number of aliphatic hydroxyl groups excluding tert-OH is 1. The number of anilines is 2. The minimum absolute atomic E-state index is 0.0466. The Bertz CT molecular complexity index is 1500. The van der Waals surface area contributed by atoms with Gasteiger partial charge in [-0.3, -0.25) is 4.79 Å². The maximum absolute atomic E-state index is 13.7. The van der Waals surface area contributed by atoms with Crippen molar-refractivity contribution in [3.8, 4) is 11.5 Å². The van der Waals surface area contributed by atoms with Crippen molar-refractivity contribution in [2.45, 2.75) is 30.9 Å². The van der Waals surface area contributed by atoms with Crippen LogP contribution in [0, 0.1) is 5.92 Å². The molecule has 3 atom stereocenters. The van der Waals surface area contributed by atoms with Crippen molar-refractivity contribution in [3.63, 3.8) is 0 Å². The Kier molecular flexibility index (Phi) is 9.71. The number of para-hydroxylation sites is 2. The van der Waals surface area contributed by atoms with Crippen molar-refractivity contribution < 1.29 is 32.6 Å². The molecule has 0 radical (unpaired) electrons. The topological polar surface area (TPSA) is 138 Å². The first kappa shape index (κ1) is 30.8. The molecule has 0 spiro atoms. The molecule has 11 nitrogen and oxygen atoms in total. The molecule has 0 unspecified atom stereocenters. The zero-order chi connectivity index (χ0) is 30.4. The lowest BCUT2D eigenvalue weighted by Gasteiger charge is -2.38. The zero-order valence-corrected chi connectivity index (χ0v) is 24.8. The predicted octanol–water partition coefficient (Wildman–Crippen LogP) is 3.88. The number of methoxy groups -OCH3 is 1. The van der Waals surface area contributed by atoms with Crippen LogP contribution in [0.2, 0.25) is 0 Å². The highest BCUT2D eigenvalue weighted by Gasteiger charge is 2.36. The van der Waals surface area contributed by atoms with Gasteiger partial charge in [-0.05, 0) is 55.5 Å². The monoisotopic (exact) mass is 596 g/mol. The van der Waals surface area contributed by atoms with Gasteiger partial charge in [-0.15, -0.1) is 0 Å². The number of aliphatic hydroxyl groups is 1. The lowest BCUT2D eigenvalue weighted by molar-refractivity contribution is 0.0389. The van der Waals surface area contributed by atoms with E-state index >= 15 is 0 Å². The molecular formula is C30H36N4O7S. The number of urea groups is 1. The van der Waals surface area contributed by atoms with Crippen molar-refractivity contribution >= 4 is 33.3 Å². The summed E-state index contributed by atoms with van der Waals surface area (Å²) in [6.45, 7) is 3.49. The fraction of sp³-hybridized carbons (Fsp3) is 0.333. The molecule has 1 aliphatic rings. The average molecular weight is 597 g/mol. The molecule has 12 heteroatoms. The van der Waals surface area contributed by atoms with Crippen LogP contribution in [0.15, 0.2) is 77.7 Å². The van der Waals surface area contributed by atoms with E-state index in [9.17, 15) is 23.1 Å². The summed E-state index contributed by atoms with van der Waals surface area (Å²) < 4.78 is 39.6. The third-order valence-electron chi connectivity index (χ3n) is 7.18. The van der Waals surface area contributed by atoms with Gasteiger partial charge in [0.1, 0.15) is 11.9 Å². The van der Waals surface area contributed by atoms with Crippen LogP contribution in [-0.2, 0) is 10.0 Å². The van der Waals surface area contributed by atoms with Gasteiger partial charge in [0.15, 0.2) is 5.75 Å². The smallest absolute Gasteiger partial charge is 0.323 e. The second-order valence-corrected chi connectivity index (χ2v) is 12.3. The molecule has 0 saturated heterocycles. The largest absolute Gasteiger partial charge is 0.497 e. The van der Waals surface area contributed by atoms with E-state index in [2.05, 4.69) is 10.6 Å². The lowest BCUT2D eigenvalue weighted by Crippen LogP contribution is -2.50. The van der Waals surface area contributed by atoms with Gasteiger partial charge in [0.2, 0.25) is 10.0 Å². The molecule has 1 heterocycles. The number of amides is 3. The van der Waals surface area contributed by atoms with E-state index in [1.807, 2.05) is 13.0 Å². The summed E-state index contributed by atoms with van der Waals surface area (Å²) in [4.78, 5) is 28.2. The standard InChI is InChI=1S/C30H36N4O7S/c1-20-17-34(21(2)19-35)29(36)25-11-8-12-26(32-30(37)31-22-9-6-5-7-10-22)28(25)41-27(20)18-33(3)42(38,39)24-15-13-23(40-4)14-16-24/h5-16,20-21,27,35H,17-19H2,1-4H3,(H2,31,32,37)/t20-,21+,27+/m0/s1. The molecule has 224 valence electrons. The van der Waals surface area contributed by atoms with Crippen molar-refractivity contribution in [1.29, 1.82) is 0 Å². The van der Waals surface area contributed by atoms with Gasteiger partial charge >= 0.3 is 6.03 Å². The molecule has 0 aliphatic carbocycles. The van der Waals surface area contributed by atoms with Crippen LogP contribution in [0.3, 0.4) is 0 Å². The van der Waals surface area contributed by atoms with Gasteiger partial charge in [-0.2, -0.15) is 4.31 Å². The Hall–Kier alpha value is -4.13. The van der Waals surface area contributed by atoms with E-state index in [1.54, 1.807) is 66.4 Å². The number of likely N-dealkylation sites (N-methyl/N-ethyl adjacent to an activating group) is 1. The molecule has 0 fully saturated rings.